The van der Waals surface area contributed by atoms with Gasteiger partial charge >= 0.3 is 6.03 Å². The summed E-state index contributed by atoms with van der Waals surface area (Å²) in [5, 5.41) is 15.3. The monoisotopic (exact) mass is 327 g/mol. The maximum atomic E-state index is 11.4. The van der Waals surface area contributed by atoms with E-state index in [1.807, 2.05) is 24.3 Å². The van der Waals surface area contributed by atoms with Crippen molar-refractivity contribution in [2.75, 3.05) is 50.2 Å². The third-order valence-corrected chi connectivity index (χ3v) is 3.68. The Balaban J connectivity index is 1.82. The molecule has 3 N–H and O–H groups in total. The summed E-state index contributed by atoms with van der Waals surface area (Å²) >= 11 is 5.48. The number of amides is 2. The summed E-state index contributed by atoms with van der Waals surface area (Å²) in [5.41, 5.74) is 1.89. The minimum Gasteiger partial charge on any atom is -0.387 e. The summed E-state index contributed by atoms with van der Waals surface area (Å²) in [7, 11) is 0. The van der Waals surface area contributed by atoms with E-state index < -0.39 is 6.10 Å². The minimum absolute atomic E-state index is 0.158. The molecular formula is C15H22ClN3O3. The van der Waals surface area contributed by atoms with Gasteiger partial charge in [-0.05, 0) is 17.7 Å². The fraction of sp³-hybridized carbons (Fsp3) is 0.533. The largest absolute Gasteiger partial charge is 0.387 e. The van der Waals surface area contributed by atoms with Gasteiger partial charge in [-0.25, -0.2) is 4.79 Å². The molecule has 0 bridgehead atoms. The number of halogens is 1. The predicted octanol–water partition coefficient (Wildman–Crippen LogP) is 1.09. The van der Waals surface area contributed by atoms with Crippen molar-refractivity contribution >= 4 is 23.3 Å². The van der Waals surface area contributed by atoms with Crippen LogP contribution in [0.4, 0.5) is 10.5 Å². The average molecular weight is 328 g/mol. The number of hydrogen-bond acceptors (Lipinski definition) is 4. The summed E-state index contributed by atoms with van der Waals surface area (Å²) in [6.07, 6.45) is -0.736. The molecule has 1 heterocycles. The average Bonchev–Trinajstić information content (AvgIpc) is 2.58. The lowest BCUT2D eigenvalue weighted by Crippen LogP contribution is -2.38. The molecule has 7 heteroatoms. The smallest absolute Gasteiger partial charge is 0.314 e. The van der Waals surface area contributed by atoms with Crippen LogP contribution in [-0.2, 0) is 4.74 Å². The second-order valence-electron chi connectivity index (χ2n) is 5.03. The van der Waals surface area contributed by atoms with Crippen molar-refractivity contribution in [2.24, 2.45) is 0 Å². The van der Waals surface area contributed by atoms with E-state index in [1.165, 1.54) is 0 Å². The van der Waals surface area contributed by atoms with Gasteiger partial charge in [0.25, 0.3) is 0 Å². The van der Waals surface area contributed by atoms with Crippen LogP contribution < -0.4 is 15.5 Å². The molecule has 1 aliphatic heterocycles. The molecule has 1 fully saturated rings. The SMILES string of the molecule is O=C(NCCCl)NCC(O)c1ccc(N2CCOCC2)cc1. The summed E-state index contributed by atoms with van der Waals surface area (Å²) in [4.78, 5) is 13.6. The number of alkyl halides is 1. The first-order chi connectivity index (χ1) is 10.7. The summed E-state index contributed by atoms with van der Waals surface area (Å²) < 4.78 is 5.33. The van der Waals surface area contributed by atoms with Crippen LogP contribution in [0.25, 0.3) is 0 Å². The van der Waals surface area contributed by atoms with Gasteiger partial charge in [-0.3, -0.25) is 0 Å². The van der Waals surface area contributed by atoms with Gasteiger partial charge < -0.3 is 25.4 Å². The van der Waals surface area contributed by atoms with E-state index in [-0.39, 0.29) is 12.6 Å². The number of ether oxygens (including phenoxy) is 1. The topological polar surface area (TPSA) is 73.8 Å². The van der Waals surface area contributed by atoms with E-state index in [9.17, 15) is 9.90 Å². The molecule has 2 amide bonds. The molecule has 6 nitrogen and oxygen atoms in total. The number of anilines is 1. The Morgan fingerprint density at radius 1 is 1.27 bits per heavy atom. The van der Waals surface area contributed by atoms with Crippen LogP contribution in [0.3, 0.4) is 0 Å². The van der Waals surface area contributed by atoms with E-state index in [2.05, 4.69) is 15.5 Å². The van der Waals surface area contributed by atoms with Crippen LogP contribution in [0.15, 0.2) is 24.3 Å². The molecule has 0 saturated carbocycles. The number of morpholine rings is 1. The Morgan fingerprint density at radius 2 is 1.95 bits per heavy atom. The summed E-state index contributed by atoms with van der Waals surface area (Å²) in [6.45, 7) is 3.80. The first-order valence-electron chi connectivity index (χ1n) is 7.39. The number of carbonyl (C=O) groups excluding carboxylic acids is 1. The molecule has 22 heavy (non-hydrogen) atoms. The Labute approximate surface area is 135 Å². The van der Waals surface area contributed by atoms with Crippen molar-refractivity contribution in [3.63, 3.8) is 0 Å². The lowest BCUT2D eigenvalue weighted by Gasteiger charge is -2.29. The minimum atomic E-state index is -0.736. The molecular weight excluding hydrogens is 306 g/mol. The Kier molecular flexibility index (Phi) is 6.76. The van der Waals surface area contributed by atoms with E-state index >= 15 is 0 Å². The van der Waals surface area contributed by atoms with Crippen molar-refractivity contribution < 1.29 is 14.6 Å². The number of aliphatic hydroxyl groups excluding tert-OH is 1. The van der Waals surface area contributed by atoms with Crippen LogP contribution in [0.2, 0.25) is 0 Å². The number of urea groups is 1. The molecule has 1 aliphatic rings. The number of aliphatic hydroxyl groups is 1. The van der Waals surface area contributed by atoms with E-state index in [0.717, 1.165) is 37.6 Å². The van der Waals surface area contributed by atoms with Crippen LogP contribution in [0, 0.1) is 0 Å². The van der Waals surface area contributed by atoms with Crippen LogP contribution >= 0.6 is 11.6 Å². The second-order valence-corrected chi connectivity index (χ2v) is 5.41. The lowest BCUT2D eigenvalue weighted by atomic mass is 10.1. The molecule has 122 valence electrons. The van der Waals surface area contributed by atoms with E-state index in [4.69, 9.17) is 16.3 Å². The molecule has 1 unspecified atom stereocenters. The first-order valence-corrected chi connectivity index (χ1v) is 7.92. The van der Waals surface area contributed by atoms with Crippen molar-refractivity contribution in [3.8, 4) is 0 Å². The van der Waals surface area contributed by atoms with Gasteiger partial charge in [-0.2, -0.15) is 0 Å². The van der Waals surface area contributed by atoms with Gasteiger partial charge in [0.2, 0.25) is 0 Å². The van der Waals surface area contributed by atoms with Crippen molar-refractivity contribution in [2.45, 2.75) is 6.10 Å². The van der Waals surface area contributed by atoms with Gasteiger partial charge in [-0.1, -0.05) is 12.1 Å². The summed E-state index contributed by atoms with van der Waals surface area (Å²) in [5.74, 6) is 0.360. The lowest BCUT2D eigenvalue weighted by molar-refractivity contribution is 0.122. The maximum absolute atomic E-state index is 11.4. The molecule has 1 aromatic carbocycles. The molecule has 0 radical (unpaired) electrons. The van der Waals surface area contributed by atoms with E-state index in [0.29, 0.717) is 12.4 Å². The number of nitrogens with zero attached hydrogens (tertiary/aromatic N) is 1. The molecule has 0 aromatic heterocycles. The van der Waals surface area contributed by atoms with Gasteiger partial charge in [-0.15, -0.1) is 11.6 Å². The molecule has 0 spiro atoms. The van der Waals surface area contributed by atoms with Gasteiger partial charge in [0.05, 0.1) is 19.3 Å². The number of benzene rings is 1. The Hall–Kier alpha value is -1.50. The third-order valence-electron chi connectivity index (χ3n) is 3.49. The predicted molar refractivity (Wildman–Crippen MR) is 86.6 cm³/mol. The highest BCUT2D eigenvalue weighted by Gasteiger charge is 2.13. The van der Waals surface area contributed by atoms with Gasteiger partial charge in [0.1, 0.15) is 0 Å². The summed E-state index contributed by atoms with van der Waals surface area (Å²) in [6, 6.07) is 7.40. The fourth-order valence-electron chi connectivity index (χ4n) is 2.26. The highest BCUT2D eigenvalue weighted by Crippen LogP contribution is 2.19. The highest BCUT2D eigenvalue weighted by molar-refractivity contribution is 6.18. The molecule has 0 aliphatic carbocycles. The molecule has 1 aromatic rings. The zero-order valence-corrected chi connectivity index (χ0v) is 13.2. The second kappa shape index (κ2) is 8.82. The van der Waals surface area contributed by atoms with Crippen LogP contribution in [-0.4, -0.2) is 56.4 Å². The molecule has 1 atom stereocenters. The standard InChI is InChI=1S/C15H22ClN3O3/c16-5-6-17-15(21)18-11-14(20)12-1-3-13(4-2-12)19-7-9-22-10-8-19/h1-4,14,20H,5-11H2,(H2,17,18,21). The molecule has 2 rings (SSSR count). The van der Waals surface area contributed by atoms with Gasteiger partial charge in [0, 0.05) is 37.7 Å². The quantitative estimate of drug-likeness (QED) is 0.684. The molecule has 1 saturated heterocycles. The van der Waals surface area contributed by atoms with Crippen LogP contribution in [0.5, 0.6) is 0 Å². The maximum Gasteiger partial charge on any atom is 0.314 e. The Bertz CT molecular complexity index is 464. The van der Waals surface area contributed by atoms with Crippen LogP contribution in [0.1, 0.15) is 11.7 Å². The fourth-order valence-corrected chi connectivity index (χ4v) is 2.35. The zero-order valence-electron chi connectivity index (χ0n) is 12.4. The number of carbonyl (C=O) groups is 1. The number of hydrogen-bond donors (Lipinski definition) is 3. The van der Waals surface area contributed by atoms with Gasteiger partial charge in [0.15, 0.2) is 0 Å². The van der Waals surface area contributed by atoms with E-state index in [1.54, 1.807) is 0 Å². The normalized spacial score (nSPS) is 16.2. The van der Waals surface area contributed by atoms with Crippen molar-refractivity contribution in [1.29, 1.82) is 0 Å². The number of nitrogens with one attached hydrogen (secondary N) is 2. The third kappa shape index (κ3) is 5.05. The zero-order chi connectivity index (χ0) is 15.8. The highest BCUT2D eigenvalue weighted by atomic mass is 35.5. The number of rotatable bonds is 6. The van der Waals surface area contributed by atoms with Crippen molar-refractivity contribution in [1.82, 2.24) is 10.6 Å². The Morgan fingerprint density at radius 3 is 2.59 bits per heavy atom. The van der Waals surface area contributed by atoms with Crippen molar-refractivity contribution in [3.05, 3.63) is 29.8 Å². The first kappa shape index (κ1) is 16.9.